The Hall–Kier alpha value is -0.320. The second-order valence-corrected chi connectivity index (χ2v) is 8.58. The topological polar surface area (TPSA) is 95.8 Å². The van der Waals surface area contributed by atoms with E-state index in [9.17, 15) is 10.2 Å². The zero-order valence-corrected chi connectivity index (χ0v) is 17.4. The lowest BCUT2D eigenvalue weighted by atomic mass is 9.86. The largest absolute Gasteiger partial charge is 0.394 e. The predicted octanol–water partition coefficient (Wildman–Crippen LogP) is 1.85. The van der Waals surface area contributed by atoms with E-state index < -0.39 is 42.3 Å². The number of hydrogen-bond donors (Lipinski definition) is 2. The van der Waals surface area contributed by atoms with Gasteiger partial charge >= 0.3 is 0 Å². The van der Waals surface area contributed by atoms with Crippen molar-refractivity contribution < 1.29 is 38.6 Å². The maximum absolute atomic E-state index is 11.0. The molecule has 7 atom stereocenters. The number of rotatable bonds is 6. The van der Waals surface area contributed by atoms with Crippen molar-refractivity contribution in [2.24, 2.45) is 0 Å². The highest BCUT2D eigenvalue weighted by Crippen LogP contribution is 2.51. The molecule has 4 fully saturated rings. The molecule has 0 aromatic carbocycles. The van der Waals surface area contributed by atoms with Crippen molar-refractivity contribution >= 4 is 0 Å². The number of hydrogen-bond acceptors (Lipinski definition) is 8. The highest BCUT2D eigenvalue weighted by atomic mass is 16.8. The number of ether oxygens (including phenoxy) is 6. The molecule has 0 bridgehead atoms. The van der Waals surface area contributed by atoms with E-state index >= 15 is 0 Å². The Morgan fingerprint density at radius 2 is 1.59 bits per heavy atom. The molecule has 4 heterocycles. The van der Waals surface area contributed by atoms with Crippen LogP contribution in [0.25, 0.3) is 0 Å². The van der Waals surface area contributed by atoms with Crippen LogP contribution in [0.1, 0.15) is 64.7 Å². The maximum Gasteiger partial charge on any atom is 0.224 e. The van der Waals surface area contributed by atoms with Gasteiger partial charge in [0.25, 0.3) is 0 Å². The molecule has 8 heteroatoms. The average molecular weight is 417 g/mol. The van der Waals surface area contributed by atoms with E-state index in [1.54, 1.807) is 0 Å². The van der Waals surface area contributed by atoms with Gasteiger partial charge in [-0.2, -0.15) is 0 Å². The van der Waals surface area contributed by atoms with Crippen LogP contribution in [0.2, 0.25) is 0 Å². The highest BCUT2D eigenvalue weighted by Gasteiger charge is 2.67. The fraction of sp³-hybridized carbons (Fsp3) is 1.00. The summed E-state index contributed by atoms with van der Waals surface area (Å²) in [6, 6.07) is 0. The van der Waals surface area contributed by atoms with Crippen molar-refractivity contribution in [3.63, 3.8) is 0 Å². The standard InChI is InChI=1S/C21H36O8/c1-2-3-6-11-24-19-16(23)18-17(15(14-22)27-19)28-20(9-4-7-12-25-20)21(29-18)10-5-8-13-26-21/h15-19,22-23H,2-14H2,1H3/t15-,16-,17-,18-,19-,20+,21+/m1/s1. The molecule has 0 aromatic heterocycles. The molecule has 0 saturated carbocycles. The smallest absolute Gasteiger partial charge is 0.224 e. The fourth-order valence-corrected chi connectivity index (χ4v) is 4.95. The van der Waals surface area contributed by atoms with E-state index in [0.29, 0.717) is 32.7 Å². The number of aliphatic hydroxyl groups is 2. The Morgan fingerprint density at radius 3 is 2.14 bits per heavy atom. The number of fused-ring (bicyclic) bond motifs is 2. The molecule has 29 heavy (non-hydrogen) atoms. The minimum Gasteiger partial charge on any atom is -0.394 e. The minimum absolute atomic E-state index is 0.254. The molecule has 0 unspecified atom stereocenters. The number of aliphatic hydroxyl groups excluding tert-OH is 2. The molecule has 168 valence electrons. The summed E-state index contributed by atoms with van der Waals surface area (Å²) in [5, 5.41) is 21.0. The summed E-state index contributed by atoms with van der Waals surface area (Å²) in [6.45, 7) is 3.50. The molecule has 4 aliphatic heterocycles. The summed E-state index contributed by atoms with van der Waals surface area (Å²) in [5.74, 6) is -2.07. The first-order valence-electron chi connectivity index (χ1n) is 11.3. The van der Waals surface area contributed by atoms with Crippen molar-refractivity contribution in [2.45, 2.75) is 107 Å². The molecule has 4 rings (SSSR count). The summed E-state index contributed by atoms with van der Waals surface area (Å²) < 4.78 is 37.1. The van der Waals surface area contributed by atoms with Crippen molar-refractivity contribution in [2.75, 3.05) is 26.4 Å². The molecule has 4 saturated heterocycles. The first-order valence-corrected chi connectivity index (χ1v) is 11.3. The Morgan fingerprint density at radius 1 is 0.931 bits per heavy atom. The monoisotopic (exact) mass is 416 g/mol. The van der Waals surface area contributed by atoms with Crippen LogP contribution >= 0.6 is 0 Å². The van der Waals surface area contributed by atoms with Crippen LogP contribution in [0, 0.1) is 0 Å². The molecule has 2 spiro atoms. The summed E-state index contributed by atoms with van der Waals surface area (Å²) >= 11 is 0. The Labute approximate surface area is 172 Å². The van der Waals surface area contributed by atoms with E-state index in [1.165, 1.54) is 0 Å². The Balaban J connectivity index is 1.55. The van der Waals surface area contributed by atoms with Gasteiger partial charge in [-0.05, 0) is 32.1 Å². The van der Waals surface area contributed by atoms with E-state index in [-0.39, 0.29) is 6.61 Å². The second kappa shape index (κ2) is 9.44. The predicted molar refractivity (Wildman–Crippen MR) is 102 cm³/mol. The van der Waals surface area contributed by atoms with Crippen molar-refractivity contribution in [3.05, 3.63) is 0 Å². The van der Waals surface area contributed by atoms with Crippen molar-refractivity contribution in [1.82, 2.24) is 0 Å². The van der Waals surface area contributed by atoms with Gasteiger partial charge in [0, 0.05) is 19.4 Å². The van der Waals surface area contributed by atoms with Gasteiger partial charge in [-0.1, -0.05) is 19.8 Å². The fourth-order valence-electron chi connectivity index (χ4n) is 4.95. The molecule has 0 aliphatic carbocycles. The quantitative estimate of drug-likeness (QED) is 0.634. The van der Waals surface area contributed by atoms with Crippen LogP contribution in [0.15, 0.2) is 0 Å². The summed E-state index contributed by atoms with van der Waals surface area (Å²) in [5.41, 5.74) is 0. The van der Waals surface area contributed by atoms with E-state index in [2.05, 4.69) is 6.92 Å². The molecular formula is C21H36O8. The van der Waals surface area contributed by atoms with Gasteiger partial charge in [0.2, 0.25) is 11.6 Å². The highest BCUT2D eigenvalue weighted by molar-refractivity contribution is 5.04. The number of unbranched alkanes of at least 4 members (excludes halogenated alkanes) is 2. The lowest BCUT2D eigenvalue weighted by Gasteiger charge is -2.60. The van der Waals surface area contributed by atoms with Crippen LogP contribution in [0.5, 0.6) is 0 Å². The molecule has 0 radical (unpaired) electrons. The molecule has 0 aromatic rings. The zero-order valence-electron chi connectivity index (χ0n) is 17.4. The Bertz CT molecular complexity index is 517. The van der Waals surface area contributed by atoms with Crippen molar-refractivity contribution in [1.29, 1.82) is 0 Å². The molecule has 2 N–H and O–H groups in total. The molecule has 0 amide bonds. The van der Waals surface area contributed by atoms with Gasteiger partial charge in [-0.3, -0.25) is 0 Å². The van der Waals surface area contributed by atoms with Crippen LogP contribution < -0.4 is 0 Å². The average Bonchev–Trinajstić information content (AvgIpc) is 2.76. The summed E-state index contributed by atoms with van der Waals surface area (Å²) in [6.07, 6.45) is 4.21. The molecule has 8 nitrogen and oxygen atoms in total. The normalized spacial score (nSPS) is 45.4. The van der Waals surface area contributed by atoms with E-state index in [0.717, 1.165) is 44.9 Å². The minimum atomic E-state index is -1.04. The second-order valence-electron chi connectivity index (χ2n) is 8.58. The van der Waals surface area contributed by atoms with Crippen LogP contribution in [0.3, 0.4) is 0 Å². The SMILES string of the molecule is CCCCCO[C@@H]1O[C@H](CO)[C@H]2O[C@@]3(CCCCO3)[C@]3(CCCCO3)O[C@@H]2[C@H]1O. The third-order valence-electron chi connectivity index (χ3n) is 6.53. The van der Waals surface area contributed by atoms with E-state index in [4.69, 9.17) is 28.4 Å². The summed E-state index contributed by atoms with van der Waals surface area (Å²) in [4.78, 5) is 0. The lowest BCUT2D eigenvalue weighted by molar-refractivity contribution is -0.505. The van der Waals surface area contributed by atoms with Crippen LogP contribution in [0.4, 0.5) is 0 Å². The van der Waals surface area contributed by atoms with Crippen LogP contribution in [-0.2, 0) is 28.4 Å². The van der Waals surface area contributed by atoms with Gasteiger partial charge in [0.1, 0.15) is 24.4 Å². The van der Waals surface area contributed by atoms with Crippen molar-refractivity contribution in [3.8, 4) is 0 Å². The van der Waals surface area contributed by atoms with Crippen LogP contribution in [-0.4, -0.2) is 78.9 Å². The van der Waals surface area contributed by atoms with Gasteiger partial charge in [-0.25, -0.2) is 0 Å². The van der Waals surface area contributed by atoms with Gasteiger partial charge < -0.3 is 38.6 Å². The van der Waals surface area contributed by atoms with E-state index in [1.807, 2.05) is 0 Å². The van der Waals surface area contributed by atoms with Gasteiger partial charge in [0.05, 0.1) is 19.8 Å². The van der Waals surface area contributed by atoms with Gasteiger partial charge in [-0.15, -0.1) is 0 Å². The zero-order chi connectivity index (χ0) is 20.3. The summed E-state index contributed by atoms with van der Waals surface area (Å²) in [7, 11) is 0. The third kappa shape index (κ3) is 4.11. The molecular weight excluding hydrogens is 380 g/mol. The third-order valence-corrected chi connectivity index (χ3v) is 6.53. The first-order chi connectivity index (χ1) is 14.1. The van der Waals surface area contributed by atoms with Gasteiger partial charge in [0.15, 0.2) is 6.29 Å². The first kappa shape index (κ1) is 21.9. The molecule has 4 aliphatic rings. The maximum atomic E-state index is 11.0. The Kier molecular flexibility index (Phi) is 7.13. The lowest BCUT2D eigenvalue weighted by Crippen LogP contribution is -2.75.